The van der Waals surface area contributed by atoms with Gasteiger partial charge < -0.3 is 14.5 Å². The second-order valence-corrected chi connectivity index (χ2v) is 9.70. The molecule has 0 unspecified atom stereocenters. The van der Waals surface area contributed by atoms with Crippen molar-refractivity contribution in [2.45, 2.75) is 25.4 Å². The van der Waals surface area contributed by atoms with Crippen molar-refractivity contribution in [3.05, 3.63) is 23.8 Å². The Morgan fingerprint density at radius 1 is 1.11 bits per heavy atom. The summed E-state index contributed by atoms with van der Waals surface area (Å²) in [5.74, 6) is -3.01. The molecule has 3 heterocycles. The lowest BCUT2D eigenvalue weighted by molar-refractivity contribution is -0.129. The zero-order valence-electron chi connectivity index (χ0n) is 20.9. The third-order valence-corrected chi connectivity index (χ3v) is 6.92. The summed E-state index contributed by atoms with van der Waals surface area (Å²) in [4.78, 5) is 33.8. The molecule has 1 N–H and O–H groups in total. The van der Waals surface area contributed by atoms with Crippen molar-refractivity contribution >= 4 is 40.6 Å². The predicted octanol–water partition coefficient (Wildman–Crippen LogP) is 1.99. The van der Waals surface area contributed by atoms with Gasteiger partial charge in [-0.25, -0.2) is 32.4 Å². The van der Waals surface area contributed by atoms with E-state index in [4.69, 9.17) is 21.8 Å². The highest BCUT2D eigenvalue weighted by molar-refractivity contribution is 7.80. The fourth-order valence-electron chi connectivity index (χ4n) is 4.45. The standard InChI is InChI=1S/C23H30F4N6O4S/c1-29-4-7-31(8-5-29)28-22(38)33-9-6-30(10-11-36-33)20-17(24)12-15(13-18(20)25)32-14-16(37-23(32)35)2-3-19(34)21(26)27/h12-13,16,21H,2-11,14H2,1H3,(H,28,38)/t16-/m0/s1. The zero-order valence-corrected chi connectivity index (χ0v) is 21.7. The van der Waals surface area contributed by atoms with E-state index in [9.17, 15) is 18.4 Å². The van der Waals surface area contributed by atoms with Crippen molar-refractivity contribution in [2.24, 2.45) is 0 Å². The number of ether oxygens (including phenoxy) is 1. The second-order valence-electron chi connectivity index (χ2n) is 9.31. The molecule has 0 saturated carbocycles. The Hall–Kier alpha value is -2.75. The number of anilines is 2. The molecular weight excluding hydrogens is 532 g/mol. The van der Waals surface area contributed by atoms with Crippen molar-refractivity contribution in [3.63, 3.8) is 0 Å². The maximum absolute atomic E-state index is 15.2. The number of benzene rings is 1. The number of alkyl halides is 2. The van der Waals surface area contributed by atoms with Gasteiger partial charge in [-0.15, -0.1) is 0 Å². The second kappa shape index (κ2) is 12.4. The predicted molar refractivity (Wildman–Crippen MR) is 134 cm³/mol. The number of hydrogen-bond acceptors (Lipinski definition) is 8. The number of nitrogens with zero attached hydrogens (tertiary/aromatic N) is 5. The number of halogens is 4. The number of amides is 1. The number of likely N-dealkylation sites (N-methyl/N-ethyl adjacent to an activating group) is 1. The molecule has 10 nitrogen and oxygen atoms in total. The lowest BCUT2D eigenvalue weighted by Gasteiger charge is -2.34. The largest absolute Gasteiger partial charge is 0.444 e. The van der Waals surface area contributed by atoms with Crippen molar-refractivity contribution < 1.29 is 36.7 Å². The van der Waals surface area contributed by atoms with E-state index >= 15 is 8.78 Å². The van der Waals surface area contributed by atoms with E-state index in [1.165, 1.54) is 9.96 Å². The summed E-state index contributed by atoms with van der Waals surface area (Å²) in [6.07, 6.45) is -5.38. The first-order valence-electron chi connectivity index (χ1n) is 12.3. The molecule has 15 heteroatoms. The molecular formula is C23H30F4N6O4S. The number of hydrogen-bond donors (Lipinski definition) is 1. The van der Waals surface area contributed by atoms with Crippen LogP contribution < -0.4 is 15.2 Å². The number of carbonyl (C=O) groups is 2. The first-order valence-corrected chi connectivity index (χ1v) is 12.7. The highest BCUT2D eigenvalue weighted by Gasteiger charge is 2.34. The van der Waals surface area contributed by atoms with Crippen LogP contribution in [0.4, 0.5) is 33.7 Å². The van der Waals surface area contributed by atoms with E-state index < -0.39 is 42.5 Å². The molecule has 1 amide bonds. The fourth-order valence-corrected chi connectivity index (χ4v) is 4.72. The number of nitrogens with one attached hydrogen (secondary N) is 1. The van der Waals surface area contributed by atoms with Crippen LogP contribution in [0.15, 0.2) is 12.1 Å². The highest BCUT2D eigenvalue weighted by Crippen LogP contribution is 2.32. The quantitative estimate of drug-likeness (QED) is 0.394. The number of hydrazine groups is 1. The number of thiocarbonyl (C=S) groups is 1. The first-order chi connectivity index (χ1) is 18.1. The molecule has 1 atom stereocenters. The number of piperazine rings is 1. The molecule has 1 aromatic carbocycles. The summed E-state index contributed by atoms with van der Waals surface area (Å²) >= 11 is 5.46. The molecule has 0 radical (unpaired) electrons. The Kier molecular flexibility index (Phi) is 9.23. The minimum absolute atomic E-state index is 0.0679. The van der Waals surface area contributed by atoms with Gasteiger partial charge in [-0.3, -0.25) is 20.0 Å². The number of cyclic esters (lactones) is 1. The van der Waals surface area contributed by atoms with Crippen LogP contribution in [-0.4, -0.2) is 111 Å². The number of ketones is 1. The Morgan fingerprint density at radius 3 is 2.45 bits per heavy atom. The van der Waals surface area contributed by atoms with Gasteiger partial charge in [0.25, 0.3) is 6.43 Å². The zero-order chi connectivity index (χ0) is 27.4. The fraction of sp³-hybridized carbons (Fsp3) is 0.609. The molecule has 3 saturated heterocycles. The summed E-state index contributed by atoms with van der Waals surface area (Å²) in [5.41, 5.74) is 2.82. The first kappa shape index (κ1) is 28.3. The van der Waals surface area contributed by atoms with E-state index in [2.05, 4.69) is 10.3 Å². The molecule has 3 fully saturated rings. The molecule has 3 aliphatic rings. The molecule has 4 rings (SSSR count). The van der Waals surface area contributed by atoms with Crippen molar-refractivity contribution in [1.29, 1.82) is 0 Å². The van der Waals surface area contributed by atoms with Crippen LogP contribution in [0.25, 0.3) is 0 Å². The molecule has 1 aromatic rings. The summed E-state index contributed by atoms with van der Waals surface area (Å²) in [7, 11) is 2.05. The van der Waals surface area contributed by atoms with Crippen molar-refractivity contribution in [3.8, 4) is 0 Å². The van der Waals surface area contributed by atoms with Gasteiger partial charge >= 0.3 is 6.09 Å². The Balaban J connectivity index is 1.36. The topological polar surface area (TPSA) is 80.8 Å². The summed E-state index contributed by atoms with van der Waals surface area (Å²) < 4.78 is 60.2. The SMILES string of the molecule is CN1CCN(NC(=S)N2CCN(c3c(F)cc(N4C[C@H](CCC(=O)C(F)F)OC4=O)cc3F)CCO2)CC1. The van der Waals surface area contributed by atoms with E-state index in [0.717, 1.165) is 43.2 Å². The maximum Gasteiger partial charge on any atom is 0.414 e. The van der Waals surface area contributed by atoms with Crippen LogP contribution >= 0.6 is 12.2 Å². The molecule has 0 aliphatic carbocycles. The van der Waals surface area contributed by atoms with Gasteiger partial charge in [-0.1, -0.05) is 0 Å². The summed E-state index contributed by atoms with van der Waals surface area (Å²) in [5, 5.41) is 3.86. The van der Waals surface area contributed by atoms with Gasteiger partial charge in [0.1, 0.15) is 11.8 Å². The number of rotatable bonds is 7. The number of carbonyl (C=O) groups excluding carboxylic acids is 2. The summed E-state index contributed by atoms with van der Waals surface area (Å²) in [6, 6.07) is 2.05. The average Bonchev–Trinajstić information content (AvgIpc) is 3.07. The van der Waals surface area contributed by atoms with Gasteiger partial charge in [-0.2, -0.15) is 0 Å². The number of Topliss-reactive ketones (excluding diaryl/α,β-unsaturated/α-hetero) is 1. The normalized spacial score (nSPS) is 21.6. The van der Waals surface area contributed by atoms with Crippen LogP contribution in [0.3, 0.4) is 0 Å². The molecule has 0 bridgehead atoms. The average molecular weight is 563 g/mol. The maximum atomic E-state index is 15.2. The van der Waals surface area contributed by atoms with E-state index in [1.807, 2.05) is 12.1 Å². The van der Waals surface area contributed by atoms with Gasteiger partial charge in [0, 0.05) is 57.8 Å². The third kappa shape index (κ3) is 6.81. The van der Waals surface area contributed by atoms with Crippen molar-refractivity contribution in [2.75, 3.05) is 75.8 Å². The smallest absolute Gasteiger partial charge is 0.414 e. The molecule has 3 aliphatic heterocycles. The van der Waals surface area contributed by atoms with Gasteiger partial charge in [-0.05, 0) is 25.7 Å². The van der Waals surface area contributed by atoms with Gasteiger partial charge in [0.05, 0.1) is 25.4 Å². The molecule has 38 heavy (non-hydrogen) atoms. The molecule has 210 valence electrons. The lowest BCUT2D eigenvalue weighted by atomic mass is 10.1. The van der Waals surface area contributed by atoms with Crippen LogP contribution in [0.2, 0.25) is 0 Å². The van der Waals surface area contributed by atoms with Crippen LogP contribution in [0.5, 0.6) is 0 Å². The van der Waals surface area contributed by atoms with E-state index in [1.54, 1.807) is 0 Å². The molecule has 0 spiro atoms. The number of hydroxylamine groups is 2. The highest BCUT2D eigenvalue weighted by atomic mass is 32.1. The van der Waals surface area contributed by atoms with Crippen LogP contribution in [0.1, 0.15) is 12.8 Å². The lowest BCUT2D eigenvalue weighted by Crippen LogP contribution is -2.55. The van der Waals surface area contributed by atoms with Crippen LogP contribution in [-0.2, 0) is 14.4 Å². The van der Waals surface area contributed by atoms with E-state index in [0.29, 0.717) is 5.11 Å². The molecule has 0 aromatic heterocycles. The van der Waals surface area contributed by atoms with E-state index in [-0.39, 0.29) is 50.6 Å². The van der Waals surface area contributed by atoms with Gasteiger partial charge in [0.2, 0.25) is 5.11 Å². The van der Waals surface area contributed by atoms with Gasteiger partial charge in [0.15, 0.2) is 17.4 Å². The van der Waals surface area contributed by atoms with Crippen LogP contribution in [0, 0.1) is 11.6 Å². The third-order valence-electron chi connectivity index (χ3n) is 6.62. The Morgan fingerprint density at radius 2 is 1.79 bits per heavy atom. The Labute approximate surface area is 222 Å². The van der Waals surface area contributed by atoms with Crippen molar-refractivity contribution in [1.82, 2.24) is 20.4 Å². The minimum Gasteiger partial charge on any atom is -0.444 e. The Bertz CT molecular complexity index is 1020. The summed E-state index contributed by atoms with van der Waals surface area (Å²) in [6.45, 7) is 4.09. The monoisotopic (exact) mass is 562 g/mol. The minimum atomic E-state index is -3.10.